The van der Waals surface area contributed by atoms with Gasteiger partial charge in [0.15, 0.2) is 0 Å². The van der Waals surface area contributed by atoms with E-state index >= 15 is 0 Å². The summed E-state index contributed by atoms with van der Waals surface area (Å²) in [5.74, 6) is 0.863. The zero-order valence-corrected chi connectivity index (χ0v) is 11.0. The van der Waals surface area contributed by atoms with Crippen molar-refractivity contribution < 1.29 is 4.74 Å². The predicted octanol–water partition coefficient (Wildman–Crippen LogP) is 2.26. The highest BCUT2D eigenvalue weighted by atomic mass is 16.5. The highest BCUT2D eigenvalue weighted by Crippen LogP contribution is 2.21. The molecule has 18 heavy (non-hydrogen) atoms. The molecule has 2 rings (SSSR count). The van der Waals surface area contributed by atoms with Crippen molar-refractivity contribution in [2.24, 2.45) is 12.8 Å². The van der Waals surface area contributed by atoms with Gasteiger partial charge < -0.3 is 10.5 Å². The van der Waals surface area contributed by atoms with Crippen molar-refractivity contribution in [1.29, 1.82) is 0 Å². The molecule has 0 aliphatic carbocycles. The van der Waals surface area contributed by atoms with Crippen LogP contribution in [0.4, 0.5) is 0 Å². The first-order valence-corrected chi connectivity index (χ1v) is 6.08. The van der Waals surface area contributed by atoms with Gasteiger partial charge in [-0.2, -0.15) is 5.10 Å². The van der Waals surface area contributed by atoms with E-state index in [1.54, 1.807) is 4.68 Å². The fraction of sp³-hybridized carbons (Fsp3) is 0.357. The van der Waals surface area contributed by atoms with Crippen LogP contribution in [-0.4, -0.2) is 15.9 Å². The fourth-order valence-corrected chi connectivity index (χ4v) is 1.80. The van der Waals surface area contributed by atoms with Gasteiger partial charge in [-0.15, -0.1) is 0 Å². The molecule has 0 saturated carbocycles. The van der Waals surface area contributed by atoms with E-state index in [0.717, 1.165) is 17.0 Å². The first kappa shape index (κ1) is 12.6. The number of aromatic nitrogens is 2. The lowest BCUT2D eigenvalue weighted by Gasteiger charge is -2.12. The molecule has 0 aliphatic rings. The van der Waals surface area contributed by atoms with E-state index in [1.807, 2.05) is 57.4 Å². The number of nitrogens with zero attached hydrogens (tertiary/aromatic N) is 2. The van der Waals surface area contributed by atoms with Gasteiger partial charge in [-0.3, -0.25) is 4.68 Å². The molecule has 96 valence electrons. The smallest absolute Gasteiger partial charge is 0.119 e. The maximum absolute atomic E-state index is 6.16. The van der Waals surface area contributed by atoms with E-state index in [-0.39, 0.29) is 12.1 Å². The molecule has 2 aromatic rings. The molecule has 0 aliphatic heterocycles. The zero-order valence-electron chi connectivity index (χ0n) is 11.0. The van der Waals surface area contributed by atoms with E-state index in [2.05, 4.69) is 5.10 Å². The Morgan fingerprint density at radius 2 is 1.83 bits per heavy atom. The third-order valence-electron chi connectivity index (χ3n) is 2.66. The molecule has 1 aromatic heterocycles. The second kappa shape index (κ2) is 5.23. The lowest BCUT2D eigenvalue weighted by atomic mass is 10.1. The van der Waals surface area contributed by atoms with Crippen LogP contribution < -0.4 is 10.5 Å². The molecule has 2 N–H and O–H groups in total. The van der Waals surface area contributed by atoms with Crippen LogP contribution in [0.15, 0.2) is 36.5 Å². The second-order valence-electron chi connectivity index (χ2n) is 4.63. The summed E-state index contributed by atoms with van der Waals surface area (Å²) < 4.78 is 7.35. The van der Waals surface area contributed by atoms with Crippen LogP contribution in [0.3, 0.4) is 0 Å². The molecule has 4 nitrogen and oxygen atoms in total. The summed E-state index contributed by atoms with van der Waals surface area (Å²) in [4.78, 5) is 0. The van der Waals surface area contributed by atoms with Crippen molar-refractivity contribution in [2.75, 3.05) is 0 Å². The Balaban J connectivity index is 2.14. The number of ether oxygens (including phenoxy) is 1. The Bertz CT molecular complexity index is 502. The SMILES string of the molecule is CC(C)Oc1ccc(C(N)c2ccn(C)n2)cc1. The maximum Gasteiger partial charge on any atom is 0.119 e. The Morgan fingerprint density at radius 1 is 1.17 bits per heavy atom. The molecule has 1 aromatic carbocycles. The molecular weight excluding hydrogens is 226 g/mol. The molecule has 4 heteroatoms. The number of aryl methyl sites for hydroxylation is 1. The molecule has 1 atom stereocenters. The van der Waals surface area contributed by atoms with Crippen LogP contribution >= 0.6 is 0 Å². The Kier molecular flexibility index (Phi) is 3.67. The molecule has 0 fully saturated rings. The minimum atomic E-state index is -0.195. The van der Waals surface area contributed by atoms with Crippen LogP contribution in [0.5, 0.6) is 5.75 Å². The minimum absolute atomic E-state index is 0.181. The van der Waals surface area contributed by atoms with Crippen LogP contribution in [0.1, 0.15) is 31.1 Å². The molecule has 0 radical (unpaired) electrons. The summed E-state index contributed by atoms with van der Waals surface area (Å²) in [6, 6.07) is 9.59. The maximum atomic E-state index is 6.16. The average molecular weight is 245 g/mol. The molecule has 1 heterocycles. The lowest BCUT2D eigenvalue weighted by Crippen LogP contribution is -2.13. The van der Waals surface area contributed by atoms with Gasteiger partial charge >= 0.3 is 0 Å². The third-order valence-corrected chi connectivity index (χ3v) is 2.66. The largest absolute Gasteiger partial charge is 0.491 e. The second-order valence-corrected chi connectivity index (χ2v) is 4.63. The molecule has 0 bridgehead atoms. The van der Waals surface area contributed by atoms with Crippen LogP contribution in [-0.2, 0) is 7.05 Å². The lowest BCUT2D eigenvalue weighted by molar-refractivity contribution is 0.242. The number of nitrogens with two attached hydrogens (primary N) is 1. The Labute approximate surface area is 107 Å². The topological polar surface area (TPSA) is 53.1 Å². The third kappa shape index (κ3) is 2.90. The van der Waals surface area contributed by atoms with Gasteiger partial charge in [0.05, 0.1) is 17.8 Å². The van der Waals surface area contributed by atoms with Gasteiger partial charge in [-0.1, -0.05) is 12.1 Å². The van der Waals surface area contributed by atoms with E-state index in [1.165, 1.54) is 0 Å². The Morgan fingerprint density at radius 3 is 2.33 bits per heavy atom. The molecule has 0 amide bonds. The predicted molar refractivity (Wildman–Crippen MR) is 71.4 cm³/mol. The summed E-state index contributed by atoms with van der Waals surface area (Å²) in [5.41, 5.74) is 8.07. The van der Waals surface area contributed by atoms with Crippen molar-refractivity contribution in [1.82, 2.24) is 9.78 Å². The van der Waals surface area contributed by atoms with Crippen molar-refractivity contribution in [3.05, 3.63) is 47.8 Å². The van der Waals surface area contributed by atoms with Crippen molar-refractivity contribution in [3.8, 4) is 5.75 Å². The van der Waals surface area contributed by atoms with Crippen molar-refractivity contribution >= 4 is 0 Å². The number of hydrogen-bond acceptors (Lipinski definition) is 3. The van der Waals surface area contributed by atoms with E-state index in [9.17, 15) is 0 Å². The molecule has 0 saturated heterocycles. The van der Waals surface area contributed by atoms with Crippen molar-refractivity contribution in [3.63, 3.8) is 0 Å². The number of rotatable bonds is 4. The highest BCUT2D eigenvalue weighted by molar-refractivity contribution is 5.32. The van der Waals surface area contributed by atoms with Gasteiger partial charge in [0.2, 0.25) is 0 Å². The van der Waals surface area contributed by atoms with Gasteiger partial charge in [0.1, 0.15) is 5.75 Å². The minimum Gasteiger partial charge on any atom is -0.491 e. The highest BCUT2D eigenvalue weighted by Gasteiger charge is 2.11. The van der Waals surface area contributed by atoms with Gasteiger partial charge in [-0.05, 0) is 37.6 Å². The fourth-order valence-electron chi connectivity index (χ4n) is 1.80. The van der Waals surface area contributed by atoms with Crippen LogP contribution in [0, 0.1) is 0 Å². The number of hydrogen-bond donors (Lipinski definition) is 1. The number of benzene rings is 1. The normalized spacial score (nSPS) is 12.7. The standard InChI is InChI=1S/C14H19N3O/c1-10(2)18-12-6-4-11(5-7-12)14(15)13-8-9-17(3)16-13/h4-10,14H,15H2,1-3H3. The van der Waals surface area contributed by atoms with Gasteiger partial charge in [0, 0.05) is 13.2 Å². The van der Waals surface area contributed by atoms with E-state index in [4.69, 9.17) is 10.5 Å². The summed E-state index contributed by atoms with van der Waals surface area (Å²) in [5, 5.41) is 4.32. The van der Waals surface area contributed by atoms with Crippen LogP contribution in [0.25, 0.3) is 0 Å². The first-order chi connectivity index (χ1) is 8.56. The first-order valence-electron chi connectivity index (χ1n) is 6.08. The quantitative estimate of drug-likeness (QED) is 0.899. The molecular formula is C14H19N3O. The summed E-state index contributed by atoms with van der Waals surface area (Å²) in [6.07, 6.45) is 2.08. The molecule has 1 unspecified atom stereocenters. The van der Waals surface area contributed by atoms with Gasteiger partial charge in [0.25, 0.3) is 0 Å². The molecule has 0 spiro atoms. The average Bonchev–Trinajstić information content (AvgIpc) is 2.75. The summed E-state index contributed by atoms with van der Waals surface area (Å²) in [7, 11) is 1.88. The van der Waals surface area contributed by atoms with Gasteiger partial charge in [-0.25, -0.2) is 0 Å². The van der Waals surface area contributed by atoms with Crippen molar-refractivity contribution in [2.45, 2.75) is 26.0 Å². The van der Waals surface area contributed by atoms with Crippen LogP contribution in [0.2, 0.25) is 0 Å². The van der Waals surface area contributed by atoms with E-state index < -0.39 is 0 Å². The Hall–Kier alpha value is -1.81. The zero-order chi connectivity index (χ0) is 13.1. The summed E-state index contributed by atoms with van der Waals surface area (Å²) in [6.45, 7) is 4.01. The summed E-state index contributed by atoms with van der Waals surface area (Å²) >= 11 is 0. The monoisotopic (exact) mass is 245 g/mol. The van der Waals surface area contributed by atoms with E-state index in [0.29, 0.717) is 0 Å².